The Morgan fingerprint density at radius 1 is 0.909 bits per heavy atom. The van der Waals surface area contributed by atoms with Crippen molar-refractivity contribution in [1.29, 1.82) is 5.26 Å². The Balaban J connectivity index is 1.94. The third kappa shape index (κ3) is 3.10. The maximum absolute atomic E-state index is 8.85. The number of nitrogens with zero attached hydrogens (tertiary/aromatic N) is 3. The number of pyridine rings is 2. The lowest BCUT2D eigenvalue weighted by molar-refractivity contribution is 0.878. The van der Waals surface area contributed by atoms with Crippen LogP contribution in [-0.2, 0) is 0 Å². The quantitative estimate of drug-likeness (QED) is 0.796. The molecule has 0 bridgehead atoms. The zero-order valence-corrected chi connectivity index (χ0v) is 11.8. The van der Waals surface area contributed by atoms with E-state index in [0.717, 1.165) is 11.3 Å². The van der Waals surface area contributed by atoms with Crippen LogP contribution in [0.15, 0.2) is 73.1 Å². The van der Waals surface area contributed by atoms with Gasteiger partial charge < -0.3 is 5.32 Å². The number of hydrogen-bond donors (Lipinski definition) is 1. The standard InChI is InChI=1S/C18H14N4/c19-12-14-9-10-17(21-13-14)22-18(15-6-2-1-3-7-15)16-8-4-5-11-20-16/h1-11,13,18H,(H,21,22)/t18-/m1/s1. The molecule has 4 heteroatoms. The summed E-state index contributed by atoms with van der Waals surface area (Å²) < 4.78 is 0. The smallest absolute Gasteiger partial charge is 0.126 e. The van der Waals surface area contributed by atoms with Gasteiger partial charge in [0, 0.05) is 12.4 Å². The second-order valence-corrected chi connectivity index (χ2v) is 4.79. The van der Waals surface area contributed by atoms with Crippen LogP contribution in [0.25, 0.3) is 0 Å². The average Bonchev–Trinajstić information content (AvgIpc) is 2.62. The largest absolute Gasteiger partial charge is 0.358 e. The van der Waals surface area contributed by atoms with E-state index in [1.54, 1.807) is 24.5 Å². The van der Waals surface area contributed by atoms with Crippen LogP contribution in [0.2, 0.25) is 0 Å². The van der Waals surface area contributed by atoms with E-state index in [1.165, 1.54) is 0 Å². The van der Waals surface area contributed by atoms with E-state index in [0.29, 0.717) is 11.4 Å². The van der Waals surface area contributed by atoms with Crippen LogP contribution in [0.5, 0.6) is 0 Å². The summed E-state index contributed by atoms with van der Waals surface area (Å²) in [4.78, 5) is 8.72. The lowest BCUT2D eigenvalue weighted by Crippen LogP contribution is -2.14. The maximum atomic E-state index is 8.85. The van der Waals surface area contributed by atoms with Crippen LogP contribution in [0.3, 0.4) is 0 Å². The molecular formula is C18H14N4. The molecule has 0 aliphatic heterocycles. The van der Waals surface area contributed by atoms with Gasteiger partial charge in [0.15, 0.2) is 0 Å². The van der Waals surface area contributed by atoms with Crippen molar-refractivity contribution in [2.75, 3.05) is 5.32 Å². The summed E-state index contributed by atoms with van der Waals surface area (Å²) in [5, 5.41) is 12.2. The Labute approximate surface area is 129 Å². The van der Waals surface area contributed by atoms with Gasteiger partial charge in [-0.15, -0.1) is 0 Å². The molecule has 22 heavy (non-hydrogen) atoms. The van der Waals surface area contributed by atoms with Crippen molar-refractivity contribution in [2.45, 2.75) is 6.04 Å². The van der Waals surface area contributed by atoms with E-state index in [1.807, 2.05) is 36.4 Å². The summed E-state index contributed by atoms with van der Waals surface area (Å²) in [6.07, 6.45) is 3.34. The van der Waals surface area contributed by atoms with Crippen molar-refractivity contribution in [2.24, 2.45) is 0 Å². The number of rotatable bonds is 4. The highest BCUT2D eigenvalue weighted by Crippen LogP contribution is 2.24. The molecule has 3 aromatic rings. The van der Waals surface area contributed by atoms with E-state index < -0.39 is 0 Å². The molecule has 0 amide bonds. The molecule has 2 heterocycles. The van der Waals surface area contributed by atoms with Gasteiger partial charge in [0.1, 0.15) is 11.9 Å². The molecule has 0 saturated heterocycles. The Kier molecular flexibility index (Phi) is 4.08. The first-order valence-corrected chi connectivity index (χ1v) is 6.95. The molecule has 0 saturated carbocycles. The number of aromatic nitrogens is 2. The molecule has 0 aliphatic rings. The molecular weight excluding hydrogens is 272 g/mol. The van der Waals surface area contributed by atoms with E-state index >= 15 is 0 Å². The van der Waals surface area contributed by atoms with E-state index in [2.05, 4.69) is 33.5 Å². The minimum absolute atomic E-state index is 0.0946. The fraction of sp³-hybridized carbons (Fsp3) is 0.0556. The van der Waals surface area contributed by atoms with Gasteiger partial charge in [-0.1, -0.05) is 36.4 Å². The fourth-order valence-electron chi connectivity index (χ4n) is 2.21. The molecule has 3 rings (SSSR count). The van der Waals surface area contributed by atoms with Crippen LogP contribution in [0.4, 0.5) is 5.82 Å². The van der Waals surface area contributed by atoms with Crippen LogP contribution < -0.4 is 5.32 Å². The summed E-state index contributed by atoms with van der Waals surface area (Å²) in [7, 11) is 0. The van der Waals surface area contributed by atoms with Gasteiger partial charge in [-0.3, -0.25) is 4.98 Å². The van der Waals surface area contributed by atoms with E-state index in [9.17, 15) is 0 Å². The molecule has 2 aromatic heterocycles. The maximum Gasteiger partial charge on any atom is 0.126 e. The molecule has 1 atom stereocenters. The van der Waals surface area contributed by atoms with Gasteiger partial charge in [0.05, 0.1) is 17.3 Å². The van der Waals surface area contributed by atoms with E-state index in [-0.39, 0.29) is 6.04 Å². The topological polar surface area (TPSA) is 61.6 Å². The van der Waals surface area contributed by atoms with Crippen LogP contribution in [-0.4, -0.2) is 9.97 Å². The van der Waals surface area contributed by atoms with Gasteiger partial charge in [-0.25, -0.2) is 4.98 Å². The van der Waals surface area contributed by atoms with Gasteiger partial charge in [-0.2, -0.15) is 5.26 Å². The highest BCUT2D eigenvalue weighted by atomic mass is 15.0. The Morgan fingerprint density at radius 2 is 1.73 bits per heavy atom. The molecule has 106 valence electrons. The number of benzene rings is 1. The first kappa shape index (κ1) is 13.8. The lowest BCUT2D eigenvalue weighted by Gasteiger charge is -2.19. The minimum atomic E-state index is -0.0946. The lowest BCUT2D eigenvalue weighted by atomic mass is 10.0. The number of nitrogens with one attached hydrogen (secondary N) is 1. The second-order valence-electron chi connectivity index (χ2n) is 4.79. The molecule has 0 spiro atoms. The third-order valence-corrected chi connectivity index (χ3v) is 3.30. The number of nitriles is 1. The Bertz CT molecular complexity index is 722. The molecule has 1 aromatic carbocycles. The summed E-state index contributed by atoms with van der Waals surface area (Å²) in [6, 6.07) is 21.4. The molecule has 4 nitrogen and oxygen atoms in total. The van der Waals surface area contributed by atoms with Crippen molar-refractivity contribution in [1.82, 2.24) is 9.97 Å². The zero-order valence-electron chi connectivity index (χ0n) is 11.8. The Hall–Kier alpha value is -3.19. The van der Waals surface area contributed by atoms with E-state index in [4.69, 9.17) is 5.26 Å². The van der Waals surface area contributed by atoms with Crippen molar-refractivity contribution >= 4 is 5.82 Å². The van der Waals surface area contributed by atoms with Crippen LogP contribution in [0.1, 0.15) is 22.9 Å². The fourth-order valence-corrected chi connectivity index (χ4v) is 2.21. The molecule has 0 aliphatic carbocycles. The molecule has 0 unspecified atom stereocenters. The summed E-state index contributed by atoms with van der Waals surface area (Å²) in [5.41, 5.74) is 2.56. The van der Waals surface area contributed by atoms with Crippen molar-refractivity contribution in [3.05, 3.63) is 89.9 Å². The second kappa shape index (κ2) is 6.51. The summed E-state index contributed by atoms with van der Waals surface area (Å²) >= 11 is 0. The summed E-state index contributed by atoms with van der Waals surface area (Å²) in [5.74, 6) is 0.707. The first-order valence-electron chi connectivity index (χ1n) is 6.95. The summed E-state index contributed by atoms with van der Waals surface area (Å²) in [6.45, 7) is 0. The van der Waals surface area contributed by atoms with Gasteiger partial charge in [-0.05, 0) is 29.8 Å². The monoisotopic (exact) mass is 286 g/mol. The average molecular weight is 286 g/mol. The first-order chi connectivity index (χ1) is 10.9. The molecule has 0 radical (unpaired) electrons. The minimum Gasteiger partial charge on any atom is -0.358 e. The highest BCUT2D eigenvalue weighted by molar-refractivity contribution is 5.44. The third-order valence-electron chi connectivity index (χ3n) is 3.30. The van der Waals surface area contributed by atoms with Crippen LogP contribution in [0, 0.1) is 11.3 Å². The van der Waals surface area contributed by atoms with Crippen molar-refractivity contribution in [3.63, 3.8) is 0 Å². The molecule has 1 N–H and O–H groups in total. The predicted molar refractivity (Wildman–Crippen MR) is 85.1 cm³/mol. The van der Waals surface area contributed by atoms with Crippen molar-refractivity contribution < 1.29 is 0 Å². The zero-order chi connectivity index (χ0) is 15.2. The normalized spacial score (nSPS) is 11.4. The number of hydrogen-bond acceptors (Lipinski definition) is 4. The van der Waals surface area contributed by atoms with Gasteiger partial charge in [0.2, 0.25) is 0 Å². The number of anilines is 1. The Morgan fingerprint density at radius 3 is 2.36 bits per heavy atom. The van der Waals surface area contributed by atoms with Gasteiger partial charge in [0.25, 0.3) is 0 Å². The van der Waals surface area contributed by atoms with Crippen molar-refractivity contribution in [3.8, 4) is 6.07 Å². The SMILES string of the molecule is N#Cc1ccc(N[C@H](c2ccccc2)c2ccccn2)nc1. The van der Waals surface area contributed by atoms with Crippen LogP contribution >= 0.6 is 0 Å². The highest BCUT2D eigenvalue weighted by Gasteiger charge is 2.15. The molecule has 0 fully saturated rings. The predicted octanol–water partition coefficient (Wildman–Crippen LogP) is 3.55. The van der Waals surface area contributed by atoms with Gasteiger partial charge >= 0.3 is 0 Å².